The van der Waals surface area contributed by atoms with Crippen molar-refractivity contribution in [3.63, 3.8) is 0 Å². The summed E-state index contributed by atoms with van der Waals surface area (Å²) < 4.78 is 0. The fourth-order valence-electron chi connectivity index (χ4n) is 1.32. The molecule has 0 saturated heterocycles. The van der Waals surface area contributed by atoms with Crippen LogP contribution in [0.4, 0.5) is 0 Å². The van der Waals surface area contributed by atoms with E-state index in [0.717, 1.165) is 17.8 Å². The summed E-state index contributed by atoms with van der Waals surface area (Å²) in [5.74, 6) is 0. The number of fused-ring (bicyclic) bond motifs is 1. The van der Waals surface area contributed by atoms with Crippen LogP contribution in [-0.2, 0) is 0 Å². The largest absolute Gasteiger partial charge is 0.253 e. The second-order valence-electron chi connectivity index (χ2n) is 2.97. The van der Waals surface area contributed by atoms with Crippen molar-refractivity contribution >= 4 is 12.2 Å². The van der Waals surface area contributed by atoms with E-state index in [-0.39, 0.29) is 0 Å². The van der Waals surface area contributed by atoms with Crippen LogP contribution in [0.2, 0.25) is 0 Å². The minimum absolute atomic E-state index is 1.01. The average molecular weight is 217 g/mol. The van der Waals surface area contributed by atoms with E-state index in [9.17, 15) is 0 Å². The van der Waals surface area contributed by atoms with Crippen LogP contribution in [0.5, 0.6) is 0 Å². The van der Waals surface area contributed by atoms with Gasteiger partial charge in [-0.05, 0) is 31.1 Å². The molecule has 1 nitrogen and oxygen atoms in total. The summed E-state index contributed by atoms with van der Waals surface area (Å²) >= 11 is 0. The van der Waals surface area contributed by atoms with Crippen molar-refractivity contribution in [2.75, 3.05) is 0 Å². The molecule has 2 rings (SSSR count). The van der Waals surface area contributed by atoms with E-state index in [0.29, 0.717) is 0 Å². The van der Waals surface area contributed by atoms with Gasteiger partial charge in [0.15, 0.2) is 0 Å². The van der Waals surface area contributed by atoms with E-state index >= 15 is 0 Å². The van der Waals surface area contributed by atoms with Crippen molar-refractivity contribution < 1.29 is 0 Å². The van der Waals surface area contributed by atoms with Crippen LogP contribution in [0.1, 0.15) is 51.1 Å². The highest BCUT2D eigenvalue weighted by Crippen LogP contribution is 2.15. The Morgan fingerprint density at radius 1 is 0.938 bits per heavy atom. The number of hydrogen-bond acceptors (Lipinski definition) is 1. The summed E-state index contributed by atoms with van der Waals surface area (Å²) in [4.78, 5) is 4.44. The first-order valence-electron chi connectivity index (χ1n) is 6.17. The molecule has 1 heterocycles. The molecule has 1 aliphatic carbocycles. The van der Waals surface area contributed by atoms with Crippen LogP contribution >= 0.6 is 0 Å². The third-order valence-electron chi connectivity index (χ3n) is 1.94. The number of rotatable bonds is 0. The molecule has 0 fully saturated rings. The second kappa shape index (κ2) is 8.90. The predicted molar refractivity (Wildman–Crippen MR) is 74.4 cm³/mol. The van der Waals surface area contributed by atoms with Crippen LogP contribution in [0, 0.1) is 6.92 Å². The van der Waals surface area contributed by atoms with E-state index in [1.807, 2.05) is 40.7 Å². The molecule has 0 amide bonds. The first-order valence-corrected chi connectivity index (χ1v) is 6.17. The predicted octanol–water partition coefficient (Wildman–Crippen LogP) is 4.87. The lowest BCUT2D eigenvalue weighted by Gasteiger charge is -1.99. The van der Waals surface area contributed by atoms with Crippen molar-refractivity contribution in [1.82, 2.24) is 4.98 Å². The lowest BCUT2D eigenvalue weighted by atomic mass is 10.2. The van der Waals surface area contributed by atoms with Crippen LogP contribution < -0.4 is 0 Å². The summed E-state index contributed by atoms with van der Waals surface area (Å²) in [6.07, 6.45) is 9.51. The highest BCUT2D eigenvalue weighted by molar-refractivity contribution is 5.64. The fourth-order valence-corrected chi connectivity index (χ4v) is 1.32. The second-order valence-corrected chi connectivity index (χ2v) is 2.97. The Balaban J connectivity index is 0.000000509. The van der Waals surface area contributed by atoms with Gasteiger partial charge in [0.1, 0.15) is 0 Å². The van der Waals surface area contributed by atoms with Gasteiger partial charge in [-0.3, -0.25) is 4.98 Å². The van der Waals surface area contributed by atoms with Crippen molar-refractivity contribution in [3.05, 3.63) is 41.2 Å². The number of nitrogens with zero attached hydrogens (tertiary/aromatic N) is 1. The number of aromatic nitrogens is 1. The minimum atomic E-state index is 1.01. The number of aryl methyl sites for hydroxylation is 1. The van der Waals surface area contributed by atoms with Crippen molar-refractivity contribution in [2.45, 2.75) is 41.0 Å². The molecular formula is C15H23N. The van der Waals surface area contributed by atoms with Crippen molar-refractivity contribution in [1.29, 1.82) is 0 Å². The van der Waals surface area contributed by atoms with Gasteiger partial charge in [-0.2, -0.15) is 0 Å². The normalized spacial score (nSPS) is 11.3. The summed E-state index contributed by atoms with van der Waals surface area (Å²) in [5, 5.41) is 0. The molecule has 0 N–H and O–H groups in total. The first kappa shape index (κ1) is 14.6. The van der Waals surface area contributed by atoms with Gasteiger partial charge in [-0.25, -0.2) is 0 Å². The molecule has 0 aliphatic heterocycles. The van der Waals surface area contributed by atoms with E-state index in [1.54, 1.807) is 0 Å². The quantitative estimate of drug-likeness (QED) is 0.604. The molecular weight excluding hydrogens is 194 g/mol. The molecule has 0 saturated carbocycles. The summed E-state index contributed by atoms with van der Waals surface area (Å²) in [5.41, 5.74) is 3.38. The number of hydrogen-bond donors (Lipinski definition) is 0. The third-order valence-corrected chi connectivity index (χ3v) is 1.94. The minimum Gasteiger partial charge on any atom is -0.253 e. The smallest absolute Gasteiger partial charge is 0.0701 e. The van der Waals surface area contributed by atoms with Crippen molar-refractivity contribution in [3.8, 4) is 0 Å². The molecule has 0 aromatic carbocycles. The average Bonchev–Trinajstić information content (AvgIpc) is 2.59. The Morgan fingerprint density at radius 2 is 1.56 bits per heavy atom. The van der Waals surface area contributed by atoms with Gasteiger partial charge in [0, 0.05) is 5.69 Å². The summed E-state index contributed by atoms with van der Waals surface area (Å²) in [6.45, 7) is 10.0. The monoisotopic (exact) mass is 217 g/mol. The molecule has 0 atom stereocenters. The summed E-state index contributed by atoms with van der Waals surface area (Å²) in [6, 6.07) is 4.16. The van der Waals surface area contributed by atoms with Gasteiger partial charge in [0.2, 0.25) is 0 Å². The van der Waals surface area contributed by atoms with Crippen molar-refractivity contribution in [2.24, 2.45) is 0 Å². The Morgan fingerprint density at radius 3 is 2.25 bits per heavy atom. The highest BCUT2D eigenvalue weighted by atomic mass is 14.7. The number of allylic oxidation sites excluding steroid dienone is 2. The lowest BCUT2D eigenvalue weighted by molar-refractivity contribution is 1.17. The molecule has 88 valence electrons. The van der Waals surface area contributed by atoms with Crippen LogP contribution in [0.15, 0.2) is 24.3 Å². The summed E-state index contributed by atoms with van der Waals surface area (Å²) in [7, 11) is 0. The van der Waals surface area contributed by atoms with Gasteiger partial charge in [-0.15, -0.1) is 0 Å². The SMILES string of the molecule is CC.CC.Cc1ccc2c(n1)C=CCC=C2. The van der Waals surface area contributed by atoms with Gasteiger partial charge in [0.05, 0.1) is 5.69 Å². The molecule has 0 unspecified atom stereocenters. The van der Waals surface area contributed by atoms with Gasteiger partial charge < -0.3 is 0 Å². The van der Waals surface area contributed by atoms with E-state index in [4.69, 9.17) is 0 Å². The van der Waals surface area contributed by atoms with Crippen LogP contribution in [0.25, 0.3) is 12.2 Å². The molecule has 0 radical (unpaired) electrons. The molecule has 1 aromatic heterocycles. The van der Waals surface area contributed by atoms with E-state index in [1.165, 1.54) is 5.56 Å². The van der Waals surface area contributed by atoms with Crippen LogP contribution in [-0.4, -0.2) is 4.98 Å². The fraction of sp³-hybridized carbons (Fsp3) is 0.400. The third kappa shape index (κ3) is 4.43. The standard InChI is InChI=1S/C11H11N.2C2H6/c1-9-7-8-10-5-3-2-4-6-11(10)12-9;2*1-2/h3-8H,2H2,1H3;2*1-2H3. The zero-order valence-electron chi connectivity index (χ0n) is 11.1. The number of pyridine rings is 1. The van der Waals surface area contributed by atoms with Crippen LogP contribution in [0.3, 0.4) is 0 Å². The lowest BCUT2D eigenvalue weighted by Crippen LogP contribution is -1.88. The van der Waals surface area contributed by atoms with Gasteiger partial charge in [-0.1, -0.05) is 52.0 Å². The Labute approximate surface area is 99.9 Å². The van der Waals surface area contributed by atoms with E-state index < -0.39 is 0 Å². The maximum atomic E-state index is 4.44. The maximum absolute atomic E-state index is 4.44. The van der Waals surface area contributed by atoms with E-state index in [2.05, 4.69) is 35.4 Å². The van der Waals surface area contributed by atoms with Gasteiger partial charge in [0.25, 0.3) is 0 Å². The Hall–Kier alpha value is -1.37. The Bertz CT molecular complexity index is 348. The molecule has 1 aromatic rings. The molecule has 0 bridgehead atoms. The Kier molecular flexibility index (Phi) is 8.14. The highest BCUT2D eigenvalue weighted by Gasteiger charge is 1.99. The zero-order chi connectivity index (χ0) is 12.4. The topological polar surface area (TPSA) is 12.9 Å². The first-order chi connectivity index (χ1) is 7.86. The molecule has 1 heteroatoms. The maximum Gasteiger partial charge on any atom is 0.0701 e. The molecule has 0 spiro atoms. The zero-order valence-corrected chi connectivity index (χ0v) is 11.1. The molecule has 16 heavy (non-hydrogen) atoms. The molecule has 1 aliphatic rings. The van der Waals surface area contributed by atoms with Gasteiger partial charge >= 0.3 is 0 Å².